The van der Waals surface area contributed by atoms with Gasteiger partial charge in [0.2, 0.25) is 0 Å². The Morgan fingerprint density at radius 3 is 2.15 bits per heavy atom. The summed E-state index contributed by atoms with van der Waals surface area (Å²) in [6.07, 6.45) is 2.28. The number of allylic oxidation sites excluding steroid dienone is 2. The van der Waals surface area contributed by atoms with Gasteiger partial charge in [-0.25, -0.2) is 0 Å². The lowest BCUT2D eigenvalue weighted by Gasteiger charge is -2.15. The molecule has 0 aliphatic heterocycles. The van der Waals surface area contributed by atoms with Crippen LogP contribution in [0.4, 0.5) is 0 Å². The minimum Gasteiger partial charge on any atom is -0.393 e. The summed E-state index contributed by atoms with van der Waals surface area (Å²) in [7, 11) is 0. The number of aryl methyl sites for hydroxylation is 1. The van der Waals surface area contributed by atoms with Crippen molar-refractivity contribution in [3.8, 4) is 0 Å². The molecule has 0 amide bonds. The van der Waals surface area contributed by atoms with Gasteiger partial charge >= 0.3 is 0 Å². The first-order valence-corrected chi connectivity index (χ1v) is 9.28. The third-order valence-corrected chi connectivity index (χ3v) is 4.63. The van der Waals surface area contributed by atoms with Crippen LogP contribution >= 0.6 is 0 Å². The number of rotatable bonds is 10. The predicted molar refractivity (Wildman–Crippen MR) is 107 cm³/mol. The van der Waals surface area contributed by atoms with Crippen molar-refractivity contribution in [3.05, 3.63) is 82.9 Å². The molecule has 1 atom stereocenters. The maximum Gasteiger partial charge on any atom is 0.161 e. The smallest absolute Gasteiger partial charge is 0.161 e. The number of carbonyl (C=O) groups is 1. The SMILES string of the molecule is C/C(CCc1ccccc1)=C(/Cc1ccccc1)C(=O)CC(O)CCN. The third kappa shape index (κ3) is 6.58. The highest BCUT2D eigenvalue weighted by molar-refractivity contribution is 5.96. The minimum absolute atomic E-state index is 0.0281. The largest absolute Gasteiger partial charge is 0.393 e. The zero-order valence-corrected chi connectivity index (χ0v) is 15.5. The Morgan fingerprint density at radius 1 is 1.00 bits per heavy atom. The van der Waals surface area contributed by atoms with Gasteiger partial charge in [0.1, 0.15) is 0 Å². The summed E-state index contributed by atoms with van der Waals surface area (Å²) in [6, 6.07) is 20.3. The van der Waals surface area contributed by atoms with Gasteiger partial charge in [-0.1, -0.05) is 66.2 Å². The van der Waals surface area contributed by atoms with Crippen molar-refractivity contribution >= 4 is 5.78 Å². The number of hydrogen-bond acceptors (Lipinski definition) is 3. The van der Waals surface area contributed by atoms with Crippen molar-refractivity contribution in [2.75, 3.05) is 6.54 Å². The van der Waals surface area contributed by atoms with E-state index in [4.69, 9.17) is 5.73 Å². The van der Waals surface area contributed by atoms with E-state index in [2.05, 4.69) is 12.1 Å². The topological polar surface area (TPSA) is 63.3 Å². The Labute approximate surface area is 156 Å². The molecule has 2 aromatic carbocycles. The molecule has 0 saturated carbocycles. The van der Waals surface area contributed by atoms with E-state index in [9.17, 15) is 9.90 Å². The van der Waals surface area contributed by atoms with E-state index in [0.29, 0.717) is 19.4 Å². The molecule has 0 bridgehead atoms. The summed E-state index contributed by atoms with van der Waals surface area (Å²) in [5, 5.41) is 10.0. The summed E-state index contributed by atoms with van der Waals surface area (Å²) >= 11 is 0. The zero-order chi connectivity index (χ0) is 18.8. The van der Waals surface area contributed by atoms with Gasteiger partial charge in [0.25, 0.3) is 0 Å². The maximum atomic E-state index is 12.8. The molecule has 0 aliphatic rings. The zero-order valence-electron chi connectivity index (χ0n) is 15.5. The average molecular weight is 351 g/mol. The molecule has 0 heterocycles. The van der Waals surface area contributed by atoms with Crippen molar-refractivity contribution < 1.29 is 9.90 Å². The molecule has 0 aliphatic carbocycles. The summed E-state index contributed by atoms with van der Waals surface area (Å²) in [5.74, 6) is 0.0281. The van der Waals surface area contributed by atoms with E-state index in [1.165, 1.54) is 5.56 Å². The summed E-state index contributed by atoms with van der Waals surface area (Å²) in [6.45, 7) is 2.42. The fourth-order valence-corrected chi connectivity index (χ4v) is 3.05. The normalized spacial score (nSPS) is 13.2. The number of aliphatic hydroxyl groups is 1. The summed E-state index contributed by atoms with van der Waals surface area (Å²) < 4.78 is 0. The van der Waals surface area contributed by atoms with Gasteiger partial charge in [-0.05, 0) is 49.4 Å². The van der Waals surface area contributed by atoms with Crippen molar-refractivity contribution in [2.45, 2.75) is 45.1 Å². The molecule has 3 N–H and O–H groups in total. The number of ketones is 1. The van der Waals surface area contributed by atoms with Gasteiger partial charge in [-0.15, -0.1) is 0 Å². The summed E-state index contributed by atoms with van der Waals surface area (Å²) in [5.41, 5.74) is 9.79. The maximum absolute atomic E-state index is 12.8. The van der Waals surface area contributed by atoms with E-state index in [-0.39, 0.29) is 12.2 Å². The van der Waals surface area contributed by atoms with Crippen LogP contribution in [0.2, 0.25) is 0 Å². The molecule has 0 aromatic heterocycles. The molecule has 0 spiro atoms. The van der Waals surface area contributed by atoms with Gasteiger partial charge in [0, 0.05) is 12.8 Å². The van der Waals surface area contributed by atoms with E-state index in [1.54, 1.807) is 0 Å². The molecule has 0 fully saturated rings. The second-order valence-corrected chi connectivity index (χ2v) is 6.77. The summed E-state index contributed by atoms with van der Waals surface area (Å²) in [4.78, 5) is 12.8. The molecule has 1 unspecified atom stereocenters. The second kappa shape index (κ2) is 10.7. The van der Waals surface area contributed by atoms with Gasteiger partial charge < -0.3 is 10.8 Å². The van der Waals surface area contributed by atoms with Crippen molar-refractivity contribution in [2.24, 2.45) is 5.73 Å². The molecule has 3 heteroatoms. The first-order chi connectivity index (χ1) is 12.6. The van der Waals surface area contributed by atoms with Crippen LogP contribution in [0.5, 0.6) is 0 Å². The fraction of sp³-hybridized carbons (Fsp3) is 0.348. The quantitative estimate of drug-likeness (QED) is 0.639. The van der Waals surface area contributed by atoms with Crippen LogP contribution in [-0.2, 0) is 17.6 Å². The molecule has 0 saturated heterocycles. The number of nitrogens with two attached hydrogens (primary N) is 1. The van der Waals surface area contributed by atoms with Crippen molar-refractivity contribution in [1.29, 1.82) is 0 Å². The lowest BCUT2D eigenvalue weighted by atomic mass is 9.91. The highest BCUT2D eigenvalue weighted by atomic mass is 16.3. The Hall–Kier alpha value is -2.23. The van der Waals surface area contributed by atoms with Gasteiger partial charge in [0.05, 0.1) is 6.10 Å². The second-order valence-electron chi connectivity index (χ2n) is 6.77. The highest BCUT2D eigenvalue weighted by Gasteiger charge is 2.17. The van der Waals surface area contributed by atoms with Crippen LogP contribution in [0.3, 0.4) is 0 Å². The van der Waals surface area contributed by atoms with Crippen LogP contribution < -0.4 is 5.73 Å². The third-order valence-electron chi connectivity index (χ3n) is 4.63. The Balaban J connectivity index is 2.15. The molecule has 138 valence electrons. The number of Topliss-reactive ketones (excluding diaryl/α,β-unsaturated/α-hetero) is 1. The number of hydrogen-bond donors (Lipinski definition) is 2. The monoisotopic (exact) mass is 351 g/mol. The van der Waals surface area contributed by atoms with Crippen LogP contribution in [0.1, 0.15) is 37.3 Å². The van der Waals surface area contributed by atoms with Crippen molar-refractivity contribution in [3.63, 3.8) is 0 Å². The van der Waals surface area contributed by atoms with E-state index in [0.717, 1.165) is 29.6 Å². The standard InChI is InChI=1S/C23H29NO2/c1-18(12-13-19-8-4-2-5-9-19)22(16-20-10-6-3-7-11-20)23(26)17-21(25)14-15-24/h2-11,21,25H,12-17,24H2,1H3/b22-18+. The Kier molecular flexibility index (Phi) is 8.26. The molecule has 2 aromatic rings. The van der Waals surface area contributed by atoms with Crippen LogP contribution in [-0.4, -0.2) is 23.5 Å². The molecule has 26 heavy (non-hydrogen) atoms. The van der Waals surface area contributed by atoms with Gasteiger partial charge in [-0.2, -0.15) is 0 Å². The fourth-order valence-electron chi connectivity index (χ4n) is 3.05. The molecular formula is C23H29NO2. The van der Waals surface area contributed by atoms with Gasteiger partial charge in [0.15, 0.2) is 5.78 Å². The highest BCUT2D eigenvalue weighted by Crippen LogP contribution is 2.20. The number of aliphatic hydroxyl groups excluding tert-OH is 1. The number of carbonyl (C=O) groups excluding carboxylic acids is 1. The first-order valence-electron chi connectivity index (χ1n) is 9.28. The Morgan fingerprint density at radius 2 is 1.58 bits per heavy atom. The molecule has 0 radical (unpaired) electrons. The minimum atomic E-state index is -0.666. The Bertz CT molecular complexity index is 708. The van der Waals surface area contributed by atoms with Crippen LogP contribution in [0.25, 0.3) is 0 Å². The van der Waals surface area contributed by atoms with Gasteiger partial charge in [-0.3, -0.25) is 4.79 Å². The van der Waals surface area contributed by atoms with Crippen LogP contribution in [0.15, 0.2) is 71.8 Å². The van der Waals surface area contributed by atoms with E-state index >= 15 is 0 Å². The predicted octanol–water partition coefficient (Wildman–Crippen LogP) is 3.85. The van der Waals surface area contributed by atoms with Crippen molar-refractivity contribution in [1.82, 2.24) is 0 Å². The first kappa shape index (κ1) is 20.1. The molecular weight excluding hydrogens is 322 g/mol. The molecule has 2 rings (SSSR count). The van der Waals surface area contributed by atoms with E-state index in [1.807, 2.05) is 55.5 Å². The van der Waals surface area contributed by atoms with E-state index < -0.39 is 6.10 Å². The lowest BCUT2D eigenvalue weighted by Crippen LogP contribution is -2.20. The molecule has 3 nitrogen and oxygen atoms in total. The average Bonchev–Trinajstić information content (AvgIpc) is 2.66. The van der Waals surface area contributed by atoms with Crippen LogP contribution in [0, 0.1) is 0 Å². The lowest BCUT2D eigenvalue weighted by molar-refractivity contribution is -0.117. The number of benzene rings is 2.